The number of hydrogen-bond acceptors (Lipinski definition) is 3. The van der Waals surface area contributed by atoms with E-state index in [0.29, 0.717) is 22.8 Å². The van der Waals surface area contributed by atoms with E-state index in [1.165, 1.54) is 23.5 Å². The van der Waals surface area contributed by atoms with Crippen molar-refractivity contribution in [3.63, 3.8) is 0 Å². The Kier molecular flexibility index (Phi) is 3.47. The van der Waals surface area contributed by atoms with Crippen LogP contribution in [-0.4, -0.2) is 15.2 Å². The highest BCUT2D eigenvalue weighted by atomic mass is 35.5. The second kappa shape index (κ2) is 4.93. The molecular formula is C14H11Cl2FN2OS. The largest absolute Gasteiger partial charge is 0.301 e. The lowest BCUT2D eigenvalue weighted by Crippen LogP contribution is -2.25. The van der Waals surface area contributed by atoms with Crippen molar-refractivity contribution in [3.05, 3.63) is 35.5 Å². The van der Waals surface area contributed by atoms with Gasteiger partial charge in [-0.15, -0.1) is 34.5 Å². The zero-order valence-electron chi connectivity index (χ0n) is 11.0. The number of anilines is 1. The molecule has 1 atom stereocenters. The standard InChI is InChI=1S/C14H11Cl2FN2OS/c1-13(7-14(13,15)16)11(20)19-12-18-10(6-21-12)8-3-2-4-9(17)5-8/h2-6H,7H2,1H3,(H,18,19,20). The normalized spacial score (nSPS) is 22.9. The molecule has 1 heterocycles. The minimum Gasteiger partial charge on any atom is -0.301 e. The summed E-state index contributed by atoms with van der Waals surface area (Å²) in [5, 5.41) is 4.91. The van der Waals surface area contributed by atoms with E-state index in [9.17, 15) is 9.18 Å². The van der Waals surface area contributed by atoms with Gasteiger partial charge in [0.15, 0.2) is 5.13 Å². The number of hydrogen-bond donors (Lipinski definition) is 1. The van der Waals surface area contributed by atoms with Gasteiger partial charge in [0.1, 0.15) is 10.2 Å². The number of thiazole rings is 1. The van der Waals surface area contributed by atoms with Crippen molar-refractivity contribution < 1.29 is 9.18 Å². The Morgan fingerprint density at radius 2 is 2.19 bits per heavy atom. The molecule has 1 aromatic carbocycles. The number of rotatable bonds is 3. The molecule has 1 unspecified atom stereocenters. The number of carbonyl (C=O) groups excluding carboxylic acids is 1. The van der Waals surface area contributed by atoms with Gasteiger partial charge in [0, 0.05) is 10.9 Å². The highest BCUT2D eigenvalue weighted by Gasteiger charge is 2.68. The molecule has 110 valence electrons. The van der Waals surface area contributed by atoms with Gasteiger partial charge in [-0.3, -0.25) is 4.79 Å². The fourth-order valence-corrected chi connectivity index (χ4v) is 3.41. The monoisotopic (exact) mass is 344 g/mol. The van der Waals surface area contributed by atoms with Crippen molar-refractivity contribution >= 4 is 45.6 Å². The molecule has 3 rings (SSSR count). The smallest absolute Gasteiger partial charge is 0.235 e. The highest BCUT2D eigenvalue weighted by molar-refractivity contribution is 7.14. The fourth-order valence-electron chi connectivity index (χ4n) is 1.99. The van der Waals surface area contributed by atoms with Gasteiger partial charge >= 0.3 is 0 Å². The molecule has 21 heavy (non-hydrogen) atoms. The number of alkyl halides is 2. The van der Waals surface area contributed by atoms with Crippen LogP contribution in [0.15, 0.2) is 29.6 Å². The molecule has 0 bridgehead atoms. The number of benzene rings is 1. The van der Waals surface area contributed by atoms with Crippen LogP contribution in [-0.2, 0) is 4.79 Å². The molecule has 1 aliphatic rings. The van der Waals surface area contributed by atoms with Gasteiger partial charge in [-0.1, -0.05) is 12.1 Å². The molecule has 2 aromatic rings. The van der Waals surface area contributed by atoms with E-state index in [1.807, 2.05) is 0 Å². The number of halogens is 3. The van der Waals surface area contributed by atoms with E-state index >= 15 is 0 Å². The van der Waals surface area contributed by atoms with Gasteiger partial charge in [0.05, 0.1) is 11.1 Å². The van der Waals surface area contributed by atoms with Crippen LogP contribution < -0.4 is 5.32 Å². The Balaban J connectivity index is 1.76. The third-order valence-corrected chi connectivity index (χ3v) is 5.46. The lowest BCUT2D eigenvalue weighted by atomic mass is 10.1. The van der Waals surface area contributed by atoms with E-state index in [0.717, 1.165) is 0 Å². The van der Waals surface area contributed by atoms with Crippen LogP contribution in [0.25, 0.3) is 11.3 Å². The van der Waals surface area contributed by atoms with Gasteiger partial charge in [-0.2, -0.15) is 0 Å². The maximum absolute atomic E-state index is 13.2. The molecule has 0 saturated heterocycles. The summed E-state index contributed by atoms with van der Waals surface area (Å²) >= 11 is 13.2. The molecule has 1 amide bonds. The van der Waals surface area contributed by atoms with Crippen LogP contribution in [0, 0.1) is 11.2 Å². The maximum Gasteiger partial charge on any atom is 0.235 e. The third kappa shape index (κ3) is 2.65. The molecule has 0 aliphatic heterocycles. The second-order valence-electron chi connectivity index (χ2n) is 5.22. The van der Waals surface area contributed by atoms with E-state index < -0.39 is 9.75 Å². The molecule has 0 spiro atoms. The first-order valence-corrected chi connectivity index (χ1v) is 7.86. The molecular weight excluding hydrogens is 334 g/mol. The van der Waals surface area contributed by atoms with E-state index in [-0.39, 0.29) is 11.7 Å². The SMILES string of the molecule is CC1(C(=O)Nc2nc(-c3cccc(F)c3)cs2)CC1(Cl)Cl. The van der Waals surface area contributed by atoms with Gasteiger partial charge < -0.3 is 5.32 Å². The van der Waals surface area contributed by atoms with E-state index in [4.69, 9.17) is 23.2 Å². The summed E-state index contributed by atoms with van der Waals surface area (Å²) in [4.78, 5) is 16.4. The summed E-state index contributed by atoms with van der Waals surface area (Å²) < 4.78 is 12.2. The minimum absolute atomic E-state index is 0.257. The average Bonchev–Trinajstić information content (AvgIpc) is 2.76. The number of nitrogens with zero attached hydrogens (tertiary/aromatic N) is 1. The van der Waals surface area contributed by atoms with E-state index in [2.05, 4.69) is 10.3 Å². The van der Waals surface area contributed by atoms with Crippen molar-refractivity contribution in [1.82, 2.24) is 4.98 Å². The van der Waals surface area contributed by atoms with Gasteiger partial charge in [0.2, 0.25) is 5.91 Å². The van der Waals surface area contributed by atoms with Crippen LogP contribution in [0.5, 0.6) is 0 Å². The number of carbonyl (C=O) groups is 1. The predicted molar refractivity (Wildman–Crippen MR) is 83.3 cm³/mol. The molecule has 1 aliphatic carbocycles. The van der Waals surface area contributed by atoms with Crippen LogP contribution >= 0.6 is 34.5 Å². The molecule has 7 heteroatoms. The first kappa shape index (κ1) is 14.8. The Hall–Kier alpha value is -1.17. The van der Waals surface area contributed by atoms with E-state index in [1.54, 1.807) is 24.4 Å². The Bertz CT molecular complexity index is 719. The summed E-state index contributed by atoms with van der Waals surface area (Å²) in [6, 6.07) is 6.13. The molecule has 0 radical (unpaired) electrons. The molecule has 3 nitrogen and oxygen atoms in total. The van der Waals surface area contributed by atoms with Crippen LogP contribution in [0.2, 0.25) is 0 Å². The summed E-state index contributed by atoms with van der Waals surface area (Å²) in [6.07, 6.45) is 0.414. The van der Waals surface area contributed by atoms with Crippen molar-refractivity contribution in [2.75, 3.05) is 5.32 Å². The van der Waals surface area contributed by atoms with Crippen molar-refractivity contribution in [3.8, 4) is 11.3 Å². The average molecular weight is 345 g/mol. The van der Waals surface area contributed by atoms with Gasteiger partial charge in [0.25, 0.3) is 0 Å². The van der Waals surface area contributed by atoms with Crippen molar-refractivity contribution in [2.24, 2.45) is 5.41 Å². The van der Waals surface area contributed by atoms with Crippen LogP contribution in [0.3, 0.4) is 0 Å². The highest BCUT2D eigenvalue weighted by Crippen LogP contribution is 2.64. The Morgan fingerprint density at radius 1 is 1.48 bits per heavy atom. The lowest BCUT2D eigenvalue weighted by Gasteiger charge is -2.10. The zero-order valence-corrected chi connectivity index (χ0v) is 13.3. The summed E-state index contributed by atoms with van der Waals surface area (Å²) in [5.74, 6) is -0.585. The maximum atomic E-state index is 13.2. The second-order valence-corrected chi connectivity index (χ2v) is 7.56. The Morgan fingerprint density at radius 3 is 2.81 bits per heavy atom. The molecule has 1 N–H and O–H groups in total. The fraction of sp³-hybridized carbons (Fsp3) is 0.286. The number of nitrogens with one attached hydrogen (secondary N) is 1. The molecule has 1 saturated carbocycles. The first-order valence-electron chi connectivity index (χ1n) is 6.23. The topological polar surface area (TPSA) is 42.0 Å². The molecule has 1 fully saturated rings. The summed E-state index contributed by atoms with van der Waals surface area (Å²) in [7, 11) is 0. The predicted octanol–water partition coefficient (Wildman–Crippen LogP) is 4.47. The minimum atomic E-state index is -1.01. The summed E-state index contributed by atoms with van der Waals surface area (Å²) in [6.45, 7) is 1.71. The lowest BCUT2D eigenvalue weighted by molar-refractivity contribution is -0.120. The van der Waals surface area contributed by atoms with Gasteiger partial charge in [-0.05, 0) is 25.5 Å². The van der Waals surface area contributed by atoms with Crippen molar-refractivity contribution in [2.45, 2.75) is 17.7 Å². The zero-order chi connectivity index (χ0) is 15.3. The van der Waals surface area contributed by atoms with Crippen LogP contribution in [0.4, 0.5) is 9.52 Å². The van der Waals surface area contributed by atoms with Crippen molar-refractivity contribution in [1.29, 1.82) is 0 Å². The van der Waals surface area contributed by atoms with Crippen LogP contribution in [0.1, 0.15) is 13.3 Å². The van der Waals surface area contributed by atoms with Gasteiger partial charge in [-0.25, -0.2) is 9.37 Å². The summed E-state index contributed by atoms with van der Waals surface area (Å²) in [5.41, 5.74) is 0.480. The Labute approximate surface area is 135 Å². The third-order valence-electron chi connectivity index (χ3n) is 3.60. The number of amides is 1. The number of aromatic nitrogens is 1. The molecule has 1 aromatic heterocycles. The first-order chi connectivity index (χ1) is 9.82. The quantitative estimate of drug-likeness (QED) is 0.834.